The summed E-state index contributed by atoms with van der Waals surface area (Å²) >= 11 is 0. The van der Waals surface area contributed by atoms with Crippen molar-refractivity contribution >= 4 is 26.8 Å². The standard InChI is InChI=1S/C20H18FNO5S/c1-22(28(24,25)19-9-5-16(21)6-10-19)13-20(23)27-18-8-4-14-3-7-17(26-2)11-15(14)12-18/h3-12H,13H2,1-2H3. The molecule has 0 heterocycles. The maximum atomic E-state index is 13.0. The van der Waals surface area contributed by atoms with Crippen LogP contribution < -0.4 is 9.47 Å². The Kier molecular flexibility index (Phi) is 5.62. The van der Waals surface area contributed by atoms with Crippen molar-refractivity contribution < 1.29 is 27.1 Å². The summed E-state index contributed by atoms with van der Waals surface area (Å²) in [6.07, 6.45) is 0. The van der Waals surface area contributed by atoms with E-state index in [9.17, 15) is 17.6 Å². The minimum atomic E-state index is -3.94. The van der Waals surface area contributed by atoms with E-state index in [4.69, 9.17) is 9.47 Å². The number of esters is 1. The molecule has 0 spiro atoms. The van der Waals surface area contributed by atoms with Crippen LogP contribution in [-0.2, 0) is 14.8 Å². The van der Waals surface area contributed by atoms with Gasteiger partial charge in [0.1, 0.15) is 23.9 Å². The third-order valence-corrected chi connectivity index (χ3v) is 5.94. The highest BCUT2D eigenvalue weighted by atomic mass is 32.2. The molecule has 0 saturated carbocycles. The van der Waals surface area contributed by atoms with Gasteiger partial charge in [-0.1, -0.05) is 12.1 Å². The number of likely N-dealkylation sites (N-methyl/N-ethyl adjacent to an activating group) is 1. The quantitative estimate of drug-likeness (QED) is 0.467. The van der Waals surface area contributed by atoms with Gasteiger partial charge in [0.2, 0.25) is 10.0 Å². The first-order valence-corrected chi connectivity index (χ1v) is 9.74. The van der Waals surface area contributed by atoms with Gasteiger partial charge in [-0.15, -0.1) is 0 Å². The number of methoxy groups -OCH3 is 1. The van der Waals surface area contributed by atoms with Gasteiger partial charge < -0.3 is 9.47 Å². The maximum absolute atomic E-state index is 13.0. The lowest BCUT2D eigenvalue weighted by Crippen LogP contribution is -2.34. The summed E-state index contributed by atoms with van der Waals surface area (Å²) < 4.78 is 49.2. The molecule has 0 N–H and O–H groups in total. The molecular formula is C20H18FNO5S. The second-order valence-electron chi connectivity index (χ2n) is 6.06. The van der Waals surface area contributed by atoms with Gasteiger partial charge >= 0.3 is 5.97 Å². The van der Waals surface area contributed by atoms with Crippen LogP contribution in [0.3, 0.4) is 0 Å². The Labute approximate surface area is 162 Å². The number of hydrogen-bond acceptors (Lipinski definition) is 5. The molecule has 0 aromatic heterocycles. The predicted molar refractivity (Wildman–Crippen MR) is 102 cm³/mol. The predicted octanol–water partition coefficient (Wildman–Crippen LogP) is 3.21. The zero-order valence-electron chi connectivity index (χ0n) is 15.3. The Morgan fingerprint density at radius 2 is 1.57 bits per heavy atom. The molecule has 3 aromatic rings. The van der Waals surface area contributed by atoms with Gasteiger partial charge in [0, 0.05) is 7.05 Å². The molecule has 0 amide bonds. The summed E-state index contributed by atoms with van der Waals surface area (Å²) in [6.45, 7) is -0.490. The second kappa shape index (κ2) is 7.95. The van der Waals surface area contributed by atoms with Gasteiger partial charge in [-0.25, -0.2) is 12.8 Å². The summed E-state index contributed by atoms with van der Waals surface area (Å²) in [4.78, 5) is 12.1. The number of halogens is 1. The first-order chi connectivity index (χ1) is 13.3. The maximum Gasteiger partial charge on any atom is 0.326 e. The molecule has 0 bridgehead atoms. The largest absolute Gasteiger partial charge is 0.497 e. The van der Waals surface area contributed by atoms with Crippen LogP contribution in [0.1, 0.15) is 0 Å². The summed E-state index contributed by atoms with van der Waals surface area (Å²) in [5.41, 5.74) is 0. The molecule has 28 heavy (non-hydrogen) atoms. The van der Waals surface area contributed by atoms with Gasteiger partial charge in [0.05, 0.1) is 12.0 Å². The highest BCUT2D eigenvalue weighted by Gasteiger charge is 2.23. The Hall–Kier alpha value is -2.97. The molecule has 6 nitrogen and oxygen atoms in total. The van der Waals surface area contributed by atoms with E-state index in [1.807, 2.05) is 12.1 Å². The fourth-order valence-corrected chi connectivity index (χ4v) is 3.73. The SMILES string of the molecule is COc1ccc2ccc(OC(=O)CN(C)S(=O)(=O)c3ccc(F)cc3)cc2c1. The van der Waals surface area contributed by atoms with Crippen LogP contribution in [0, 0.1) is 5.82 Å². The number of carbonyl (C=O) groups excluding carboxylic acids is 1. The average Bonchev–Trinajstić information content (AvgIpc) is 2.67. The number of nitrogens with zero attached hydrogens (tertiary/aromatic N) is 1. The Balaban J connectivity index is 1.72. The van der Waals surface area contributed by atoms with Crippen LogP contribution in [0.15, 0.2) is 65.6 Å². The van der Waals surface area contributed by atoms with E-state index in [2.05, 4.69) is 0 Å². The Morgan fingerprint density at radius 1 is 0.964 bits per heavy atom. The molecule has 0 aliphatic rings. The molecule has 0 aliphatic carbocycles. The molecule has 0 atom stereocenters. The van der Waals surface area contributed by atoms with E-state index in [1.54, 1.807) is 31.4 Å². The van der Waals surface area contributed by atoms with E-state index >= 15 is 0 Å². The van der Waals surface area contributed by atoms with E-state index < -0.39 is 28.4 Å². The third-order valence-electron chi connectivity index (χ3n) is 4.12. The summed E-state index contributed by atoms with van der Waals surface area (Å²) in [7, 11) is -1.12. The van der Waals surface area contributed by atoms with Gasteiger partial charge in [-0.05, 0) is 59.3 Å². The number of carbonyl (C=O) groups is 1. The number of ether oxygens (including phenoxy) is 2. The van der Waals surface area contributed by atoms with Crippen LogP contribution in [0.5, 0.6) is 11.5 Å². The Bertz CT molecular complexity index is 1110. The summed E-state index contributed by atoms with van der Waals surface area (Å²) in [5.74, 6) is -0.330. The fourth-order valence-electron chi connectivity index (χ4n) is 2.61. The lowest BCUT2D eigenvalue weighted by atomic mass is 10.1. The van der Waals surface area contributed by atoms with Crippen LogP contribution in [0.4, 0.5) is 4.39 Å². The van der Waals surface area contributed by atoms with E-state index in [-0.39, 0.29) is 4.90 Å². The first kappa shape index (κ1) is 19.8. The molecule has 146 valence electrons. The molecule has 8 heteroatoms. The van der Waals surface area contributed by atoms with Crippen molar-refractivity contribution in [2.45, 2.75) is 4.90 Å². The fraction of sp³-hybridized carbons (Fsp3) is 0.150. The highest BCUT2D eigenvalue weighted by molar-refractivity contribution is 7.89. The lowest BCUT2D eigenvalue weighted by Gasteiger charge is -2.16. The van der Waals surface area contributed by atoms with Crippen LogP contribution in [0.25, 0.3) is 10.8 Å². The van der Waals surface area contributed by atoms with Crippen molar-refractivity contribution in [3.8, 4) is 11.5 Å². The number of sulfonamides is 1. The molecule has 0 aliphatic heterocycles. The van der Waals surface area contributed by atoms with Crippen molar-refractivity contribution in [2.75, 3.05) is 20.7 Å². The van der Waals surface area contributed by atoms with Crippen molar-refractivity contribution in [1.29, 1.82) is 0 Å². The minimum absolute atomic E-state index is 0.109. The molecule has 0 saturated heterocycles. The number of rotatable bonds is 6. The number of benzene rings is 3. The zero-order valence-corrected chi connectivity index (χ0v) is 16.1. The smallest absolute Gasteiger partial charge is 0.326 e. The van der Waals surface area contributed by atoms with E-state index in [0.29, 0.717) is 11.5 Å². The third kappa shape index (κ3) is 4.29. The monoisotopic (exact) mass is 403 g/mol. The van der Waals surface area contributed by atoms with Gasteiger partial charge in [0.25, 0.3) is 0 Å². The highest BCUT2D eigenvalue weighted by Crippen LogP contribution is 2.25. The summed E-state index contributed by atoms with van der Waals surface area (Å²) in [6, 6.07) is 15.0. The van der Waals surface area contributed by atoms with Crippen molar-refractivity contribution in [3.05, 3.63) is 66.5 Å². The Morgan fingerprint density at radius 3 is 2.21 bits per heavy atom. The van der Waals surface area contributed by atoms with Gasteiger partial charge in [-0.3, -0.25) is 4.79 Å². The molecular weight excluding hydrogens is 385 g/mol. The van der Waals surface area contributed by atoms with E-state index in [0.717, 1.165) is 39.3 Å². The zero-order chi connectivity index (χ0) is 20.3. The molecule has 0 radical (unpaired) electrons. The number of fused-ring (bicyclic) bond motifs is 1. The second-order valence-corrected chi connectivity index (χ2v) is 8.11. The van der Waals surface area contributed by atoms with Crippen molar-refractivity contribution in [3.63, 3.8) is 0 Å². The van der Waals surface area contributed by atoms with Crippen molar-refractivity contribution in [1.82, 2.24) is 4.31 Å². The van der Waals surface area contributed by atoms with Gasteiger partial charge in [-0.2, -0.15) is 4.31 Å². The average molecular weight is 403 g/mol. The normalized spacial score (nSPS) is 11.6. The number of hydrogen-bond donors (Lipinski definition) is 0. The first-order valence-electron chi connectivity index (χ1n) is 8.30. The molecule has 0 fully saturated rings. The van der Waals surface area contributed by atoms with Crippen LogP contribution in [0.2, 0.25) is 0 Å². The molecule has 0 unspecified atom stereocenters. The molecule has 3 aromatic carbocycles. The van der Waals surface area contributed by atoms with Crippen LogP contribution >= 0.6 is 0 Å². The topological polar surface area (TPSA) is 72.9 Å². The summed E-state index contributed by atoms with van der Waals surface area (Å²) in [5, 5.41) is 1.76. The minimum Gasteiger partial charge on any atom is -0.497 e. The van der Waals surface area contributed by atoms with Crippen molar-refractivity contribution in [2.24, 2.45) is 0 Å². The van der Waals surface area contributed by atoms with Crippen LogP contribution in [-0.4, -0.2) is 39.4 Å². The lowest BCUT2D eigenvalue weighted by molar-refractivity contribution is -0.134. The van der Waals surface area contributed by atoms with E-state index in [1.165, 1.54) is 7.05 Å². The van der Waals surface area contributed by atoms with Gasteiger partial charge in [0.15, 0.2) is 0 Å². The molecule has 3 rings (SSSR count).